The van der Waals surface area contributed by atoms with Gasteiger partial charge in [0.05, 0.1) is 11.4 Å². The third kappa shape index (κ3) is 3.84. The zero-order valence-electron chi connectivity index (χ0n) is 16.3. The van der Waals surface area contributed by atoms with E-state index in [0.29, 0.717) is 10.8 Å². The van der Waals surface area contributed by atoms with Gasteiger partial charge >= 0.3 is 0 Å². The molecule has 0 saturated carbocycles. The van der Waals surface area contributed by atoms with E-state index in [1.807, 2.05) is 58.8 Å². The number of hydrogen-bond acceptors (Lipinski definition) is 4. The van der Waals surface area contributed by atoms with Crippen LogP contribution in [0.4, 0.5) is 16.5 Å². The van der Waals surface area contributed by atoms with Crippen LogP contribution in [0.15, 0.2) is 66.1 Å². The molecule has 1 aromatic heterocycles. The average molecular weight is 404 g/mol. The van der Waals surface area contributed by atoms with Crippen LogP contribution in [0.25, 0.3) is 6.08 Å². The Morgan fingerprint density at radius 2 is 1.86 bits per heavy atom. The summed E-state index contributed by atoms with van der Waals surface area (Å²) in [6.45, 7) is 3.57. The van der Waals surface area contributed by atoms with Crippen molar-refractivity contribution >= 4 is 45.7 Å². The van der Waals surface area contributed by atoms with Crippen LogP contribution in [0.2, 0.25) is 0 Å². The standard InChI is InChI=1S/C23H21N3O2S/c1-16-14-18-8-6-7-11-21(18)25(16)22(28)13-12-19-15-29-23(24-19)26(17(2)27)20-9-4-3-5-10-20/h3-13,15-16H,14H2,1-2H3/b13-12+/t16-/m0/s1. The van der Waals surface area contributed by atoms with Crippen molar-refractivity contribution in [1.29, 1.82) is 0 Å². The Morgan fingerprint density at radius 1 is 1.14 bits per heavy atom. The average Bonchev–Trinajstić information content (AvgIpc) is 3.30. The molecule has 0 bridgehead atoms. The largest absolute Gasteiger partial charge is 0.305 e. The lowest BCUT2D eigenvalue weighted by Crippen LogP contribution is -2.34. The van der Waals surface area contributed by atoms with Crippen molar-refractivity contribution < 1.29 is 9.59 Å². The summed E-state index contributed by atoms with van der Waals surface area (Å²) in [6.07, 6.45) is 4.12. The van der Waals surface area contributed by atoms with Crippen LogP contribution in [0.3, 0.4) is 0 Å². The Labute approximate surface area is 173 Å². The zero-order valence-corrected chi connectivity index (χ0v) is 17.1. The molecule has 146 valence electrons. The van der Waals surface area contributed by atoms with Gasteiger partial charge in [0.2, 0.25) is 5.91 Å². The maximum absolute atomic E-state index is 12.8. The Kier molecular flexibility index (Phi) is 5.27. The highest BCUT2D eigenvalue weighted by Crippen LogP contribution is 2.32. The van der Waals surface area contributed by atoms with Gasteiger partial charge in [0.15, 0.2) is 5.13 Å². The molecule has 3 aromatic rings. The molecule has 1 atom stereocenters. The molecular weight excluding hydrogens is 382 g/mol. The number of carbonyl (C=O) groups excluding carboxylic acids is 2. The third-order valence-corrected chi connectivity index (χ3v) is 5.72. The first kappa shape index (κ1) is 19.1. The summed E-state index contributed by atoms with van der Waals surface area (Å²) in [5, 5.41) is 2.43. The van der Waals surface area contributed by atoms with Gasteiger partial charge in [0, 0.05) is 30.1 Å². The Hall–Kier alpha value is -3.25. The third-order valence-electron chi connectivity index (χ3n) is 4.87. The maximum Gasteiger partial charge on any atom is 0.251 e. The molecule has 1 aliphatic heterocycles. The van der Waals surface area contributed by atoms with E-state index in [4.69, 9.17) is 0 Å². The Morgan fingerprint density at radius 3 is 2.62 bits per heavy atom. The molecule has 6 heteroatoms. The number of para-hydroxylation sites is 2. The molecule has 0 radical (unpaired) electrons. The van der Waals surface area contributed by atoms with Gasteiger partial charge in [-0.1, -0.05) is 36.4 Å². The van der Waals surface area contributed by atoms with Crippen molar-refractivity contribution in [2.45, 2.75) is 26.3 Å². The normalized spacial score (nSPS) is 15.5. The number of nitrogens with zero attached hydrogens (tertiary/aromatic N) is 3. The summed E-state index contributed by atoms with van der Waals surface area (Å²) in [5.41, 5.74) is 3.59. The van der Waals surface area contributed by atoms with Crippen LogP contribution >= 0.6 is 11.3 Å². The molecule has 0 saturated heterocycles. The first-order valence-corrected chi connectivity index (χ1v) is 10.3. The lowest BCUT2D eigenvalue weighted by Gasteiger charge is -2.20. The van der Waals surface area contributed by atoms with E-state index in [1.165, 1.54) is 23.8 Å². The van der Waals surface area contributed by atoms with Gasteiger partial charge in [-0.3, -0.25) is 14.5 Å². The quantitative estimate of drug-likeness (QED) is 0.587. The number of anilines is 3. The van der Waals surface area contributed by atoms with E-state index in [0.717, 1.165) is 17.8 Å². The Bertz CT molecular complexity index is 1070. The molecule has 0 fully saturated rings. The fourth-order valence-electron chi connectivity index (χ4n) is 3.60. The van der Waals surface area contributed by atoms with Gasteiger partial charge in [-0.25, -0.2) is 4.98 Å². The minimum absolute atomic E-state index is 0.0662. The minimum Gasteiger partial charge on any atom is -0.305 e. The molecule has 5 nitrogen and oxygen atoms in total. The van der Waals surface area contributed by atoms with Crippen molar-refractivity contribution in [2.75, 3.05) is 9.80 Å². The molecule has 0 unspecified atom stereocenters. The van der Waals surface area contributed by atoms with Crippen LogP contribution in [-0.4, -0.2) is 22.8 Å². The highest BCUT2D eigenvalue weighted by atomic mass is 32.1. The van der Waals surface area contributed by atoms with Crippen molar-refractivity contribution in [2.24, 2.45) is 0 Å². The molecule has 0 spiro atoms. The van der Waals surface area contributed by atoms with Crippen molar-refractivity contribution in [3.8, 4) is 0 Å². The monoisotopic (exact) mass is 403 g/mol. The van der Waals surface area contributed by atoms with E-state index in [1.54, 1.807) is 17.1 Å². The first-order valence-electron chi connectivity index (χ1n) is 9.45. The van der Waals surface area contributed by atoms with Crippen molar-refractivity contribution in [3.05, 3.63) is 77.3 Å². The summed E-state index contributed by atoms with van der Waals surface area (Å²) in [5.74, 6) is -0.178. The molecule has 0 aliphatic carbocycles. The van der Waals surface area contributed by atoms with E-state index in [2.05, 4.69) is 18.0 Å². The molecule has 1 aliphatic rings. The SMILES string of the molecule is CC(=O)N(c1ccccc1)c1nc(/C=C/C(=O)N2c3ccccc3C[C@@H]2C)cs1. The van der Waals surface area contributed by atoms with E-state index in [9.17, 15) is 9.59 Å². The predicted octanol–water partition coefficient (Wildman–Crippen LogP) is 4.82. The topological polar surface area (TPSA) is 53.5 Å². The fourth-order valence-corrected chi connectivity index (χ4v) is 4.45. The van der Waals surface area contributed by atoms with Gasteiger partial charge < -0.3 is 4.90 Å². The molecule has 29 heavy (non-hydrogen) atoms. The summed E-state index contributed by atoms with van der Waals surface area (Å²) in [4.78, 5) is 32.9. The number of hydrogen-bond donors (Lipinski definition) is 0. The van der Waals surface area contributed by atoms with E-state index < -0.39 is 0 Å². The predicted molar refractivity (Wildman–Crippen MR) is 118 cm³/mol. The van der Waals surface area contributed by atoms with Crippen LogP contribution in [0.5, 0.6) is 0 Å². The second-order valence-electron chi connectivity index (χ2n) is 6.97. The van der Waals surface area contributed by atoms with Gasteiger partial charge in [-0.2, -0.15) is 0 Å². The maximum atomic E-state index is 12.8. The van der Waals surface area contributed by atoms with E-state index in [-0.39, 0.29) is 17.9 Å². The number of fused-ring (bicyclic) bond motifs is 1. The number of thiazole rings is 1. The van der Waals surface area contributed by atoms with Crippen molar-refractivity contribution in [1.82, 2.24) is 4.98 Å². The summed E-state index contributed by atoms with van der Waals surface area (Å²) < 4.78 is 0. The molecular formula is C23H21N3O2S. The van der Waals surface area contributed by atoms with Gasteiger partial charge in [0.25, 0.3) is 5.91 Å². The lowest BCUT2D eigenvalue weighted by molar-refractivity contribution is -0.116. The highest BCUT2D eigenvalue weighted by Gasteiger charge is 2.29. The second-order valence-corrected chi connectivity index (χ2v) is 7.80. The van der Waals surface area contributed by atoms with Gasteiger partial charge in [0.1, 0.15) is 0 Å². The number of carbonyl (C=O) groups is 2. The highest BCUT2D eigenvalue weighted by molar-refractivity contribution is 7.14. The number of aromatic nitrogens is 1. The summed E-state index contributed by atoms with van der Waals surface area (Å²) in [7, 11) is 0. The fraction of sp³-hybridized carbons (Fsp3) is 0.174. The molecule has 2 heterocycles. The van der Waals surface area contributed by atoms with E-state index >= 15 is 0 Å². The van der Waals surface area contributed by atoms with Gasteiger partial charge in [-0.15, -0.1) is 11.3 Å². The summed E-state index contributed by atoms with van der Waals surface area (Å²) in [6, 6.07) is 17.5. The molecule has 2 aromatic carbocycles. The lowest BCUT2D eigenvalue weighted by atomic mass is 10.1. The molecule has 0 N–H and O–H groups in total. The summed E-state index contributed by atoms with van der Waals surface area (Å²) >= 11 is 1.37. The van der Waals surface area contributed by atoms with Crippen LogP contribution < -0.4 is 9.80 Å². The molecule has 2 amide bonds. The second kappa shape index (κ2) is 8.01. The smallest absolute Gasteiger partial charge is 0.251 e. The van der Waals surface area contributed by atoms with Crippen LogP contribution in [0, 0.1) is 0 Å². The van der Waals surface area contributed by atoms with Crippen LogP contribution in [-0.2, 0) is 16.0 Å². The first-order chi connectivity index (χ1) is 14.0. The van der Waals surface area contributed by atoms with Crippen molar-refractivity contribution in [3.63, 3.8) is 0 Å². The Balaban J connectivity index is 1.54. The van der Waals surface area contributed by atoms with Gasteiger partial charge in [-0.05, 0) is 43.2 Å². The number of rotatable bonds is 4. The minimum atomic E-state index is -0.111. The number of benzene rings is 2. The number of amides is 2. The molecule has 4 rings (SSSR count). The zero-order chi connectivity index (χ0) is 20.4. The van der Waals surface area contributed by atoms with Crippen LogP contribution in [0.1, 0.15) is 25.1 Å².